The van der Waals surface area contributed by atoms with Crippen molar-refractivity contribution in [1.82, 2.24) is 4.57 Å². The summed E-state index contributed by atoms with van der Waals surface area (Å²) in [6.07, 6.45) is 0. The van der Waals surface area contributed by atoms with E-state index in [0.717, 1.165) is 43.1 Å². The van der Waals surface area contributed by atoms with Crippen LogP contribution in [0.5, 0.6) is 0 Å². The summed E-state index contributed by atoms with van der Waals surface area (Å²) in [5.41, 5.74) is 6.26. The van der Waals surface area contributed by atoms with Gasteiger partial charge in [-0.2, -0.15) is 5.26 Å². The minimum Gasteiger partial charge on any atom is -0.309 e. The summed E-state index contributed by atoms with van der Waals surface area (Å²) in [6, 6.07) is 30.2. The molecular formula is C26H14BrN3. The lowest BCUT2D eigenvalue weighted by molar-refractivity contribution is 1.18. The molecule has 0 aliphatic carbocycles. The predicted molar refractivity (Wildman–Crippen MR) is 125 cm³/mol. The molecule has 0 fully saturated rings. The monoisotopic (exact) mass is 447 g/mol. The van der Waals surface area contributed by atoms with Gasteiger partial charge in [-0.3, -0.25) is 0 Å². The van der Waals surface area contributed by atoms with E-state index in [1.807, 2.05) is 60.7 Å². The zero-order valence-corrected chi connectivity index (χ0v) is 17.4. The Morgan fingerprint density at radius 1 is 0.833 bits per heavy atom. The number of hydrogen-bond donors (Lipinski definition) is 0. The molecule has 0 spiro atoms. The van der Waals surface area contributed by atoms with Crippen LogP contribution in [-0.2, 0) is 0 Å². The smallest absolute Gasteiger partial charge is 0.188 e. The Morgan fingerprint density at radius 2 is 1.60 bits per heavy atom. The van der Waals surface area contributed by atoms with E-state index in [4.69, 9.17) is 6.57 Å². The molecule has 0 amide bonds. The van der Waals surface area contributed by atoms with Gasteiger partial charge in [0.05, 0.1) is 29.2 Å². The highest BCUT2D eigenvalue weighted by molar-refractivity contribution is 9.10. The average molecular weight is 448 g/mol. The van der Waals surface area contributed by atoms with E-state index in [-0.39, 0.29) is 0 Å². The van der Waals surface area contributed by atoms with Crippen LogP contribution in [-0.4, -0.2) is 4.57 Å². The zero-order valence-electron chi connectivity index (χ0n) is 15.8. The molecule has 5 rings (SSSR count). The van der Waals surface area contributed by atoms with Crippen molar-refractivity contribution in [3.8, 4) is 22.9 Å². The van der Waals surface area contributed by atoms with E-state index < -0.39 is 0 Å². The Kier molecular flexibility index (Phi) is 4.36. The highest BCUT2D eigenvalue weighted by Crippen LogP contribution is 2.36. The van der Waals surface area contributed by atoms with Crippen molar-refractivity contribution in [2.75, 3.05) is 0 Å². The number of nitrogens with zero attached hydrogens (tertiary/aromatic N) is 3. The van der Waals surface area contributed by atoms with Crippen LogP contribution in [0.4, 0.5) is 5.69 Å². The Morgan fingerprint density at radius 3 is 2.43 bits per heavy atom. The number of nitriles is 1. The van der Waals surface area contributed by atoms with Crippen LogP contribution in [0.2, 0.25) is 0 Å². The standard InChI is InChI=1S/C26H14BrN3/c1-29-20-10-11-26-24(15-20)23-8-4-5-9-25(23)30(26)21-13-18(12-19(27)14-21)22-7-3-2-6-17(22)16-28/h2-15H. The van der Waals surface area contributed by atoms with Gasteiger partial charge < -0.3 is 4.57 Å². The number of rotatable bonds is 2. The van der Waals surface area contributed by atoms with Gasteiger partial charge in [-0.15, -0.1) is 0 Å². The van der Waals surface area contributed by atoms with Crippen molar-refractivity contribution in [2.24, 2.45) is 0 Å². The van der Waals surface area contributed by atoms with Gasteiger partial charge in [0.2, 0.25) is 0 Å². The second-order valence-corrected chi connectivity index (χ2v) is 7.94. The van der Waals surface area contributed by atoms with Gasteiger partial charge in [0.15, 0.2) is 5.69 Å². The minimum absolute atomic E-state index is 0.628. The molecule has 3 nitrogen and oxygen atoms in total. The summed E-state index contributed by atoms with van der Waals surface area (Å²) in [5.74, 6) is 0. The van der Waals surface area contributed by atoms with E-state index in [1.54, 1.807) is 0 Å². The van der Waals surface area contributed by atoms with Crippen LogP contribution in [0.15, 0.2) is 89.4 Å². The van der Waals surface area contributed by atoms with E-state index in [0.29, 0.717) is 11.3 Å². The Balaban J connectivity index is 1.84. The van der Waals surface area contributed by atoms with Crippen LogP contribution >= 0.6 is 15.9 Å². The van der Waals surface area contributed by atoms with Crippen molar-refractivity contribution in [1.29, 1.82) is 5.26 Å². The molecule has 0 unspecified atom stereocenters. The molecule has 4 heteroatoms. The molecule has 1 heterocycles. The molecule has 30 heavy (non-hydrogen) atoms. The first-order chi connectivity index (χ1) is 14.7. The first-order valence-corrected chi connectivity index (χ1v) is 10.2. The normalized spacial score (nSPS) is 10.8. The number of benzene rings is 4. The summed E-state index contributed by atoms with van der Waals surface area (Å²) in [6.45, 7) is 7.37. The lowest BCUT2D eigenvalue weighted by atomic mass is 10.00. The number of fused-ring (bicyclic) bond motifs is 3. The second-order valence-electron chi connectivity index (χ2n) is 7.02. The third kappa shape index (κ3) is 2.87. The molecule has 140 valence electrons. The summed E-state index contributed by atoms with van der Waals surface area (Å²) >= 11 is 3.66. The van der Waals surface area contributed by atoms with Gasteiger partial charge in [0, 0.05) is 15.5 Å². The molecule has 5 aromatic rings. The third-order valence-electron chi connectivity index (χ3n) is 5.28. The maximum absolute atomic E-state index is 9.54. The van der Waals surface area contributed by atoms with Gasteiger partial charge in [-0.25, -0.2) is 4.85 Å². The van der Waals surface area contributed by atoms with Crippen molar-refractivity contribution in [3.63, 3.8) is 0 Å². The number of hydrogen-bond acceptors (Lipinski definition) is 1. The lowest BCUT2D eigenvalue weighted by Crippen LogP contribution is -1.95. The van der Waals surface area contributed by atoms with E-state index in [2.05, 4.69) is 55.7 Å². The van der Waals surface area contributed by atoms with E-state index in [9.17, 15) is 5.26 Å². The molecule has 1 aromatic heterocycles. The maximum Gasteiger partial charge on any atom is 0.188 e. The van der Waals surface area contributed by atoms with Crippen molar-refractivity contribution >= 4 is 43.4 Å². The van der Waals surface area contributed by atoms with Crippen LogP contribution in [0.25, 0.3) is 43.5 Å². The molecule has 0 N–H and O–H groups in total. The topological polar surface area (TPSA) is 33.1 Å². The van der Waals surface area contributed by atoms with Gasteiger partial charge in [-0.1, -0.05) is 58.4 Å². The summed E-state index contributed by atoms with van der Waals surface area (Å²) < 4.78 is 3.15. The van der Waals surface area contributed by atoms with Crippen LogP contribution < -0.4 is 0 Å². The molecule has 0 bridgehead atoms. The number of halogens is 1. The van der Waals surface area contributed by atoms with E-state index >= 15 is 0 Å². The summed E-state index contributed by atoms with van der Waals surface area (Å²) in [5, 5.41) is 11.7. The highest BCUT2D eigenvalue weighted by Gasteiger charge is 2.14. The fourth-order valence-corrected chi connectivity index (χ4v) is 4.48. The molecule has 0 aliphatic rings. The average Bonchev–Trinajstić information content (AvgIpc) is 3.12. The van der Waals surface area contributed by atoms with Crippen LogP contribution in [0.1, 0.15) is 5.56 Å². The maximum atomic E-state index is 9.54. The molecule has 0 aliphatic heterocycles. The Hall–Kier alpha value is -3.86. The van der Waals surface area contributed by atoms with E-state index in [1.165, 1.54) is 0 Å². The zero-order chi connectivity index (χ0) is 20.7. The first-order valence-electron chi connectivity index (χ1n) is 9.41. The molecule has 0 atom stereocenters. The van der Waals surface area contributed by atoms with Gasteiger partial charge >= 0.3 is 0 Å². The van der Waals surface area contributed by atoms with Crippen molar-refractivity contribution < 1.29 is 0 Å². The Labute approximate surface area is 182 Å². The molecule has 0 saturated carbocycles. The van der Waals surface area contributed by atoms with Gasteiger partial charge in [-0.05, 0) is 59.0 Å². The molecule has 0 saturated heterocycles. The quantitative estimate of drug-likeness (QED) is 0.256. The van der Waals surface area contributed by atoms with Crippen molar-refractivity contribution in [2.45, 2.75) is 0 Å². The molecular weight excluding hydrogens is 434 g/mol. The van der Waals surface area contributed by atoms with Crippen molar-refractivity contribution in [3.05, 3.63) is 106 Å². The van der Waals surface area contributed by atoms with Crippen LogP contribution in [0.3, 0.4) is 0 Å². The number of para-hydroxylation sites is 1. The van der Waals surface area contributed by atoms with Crippen LogP contribution in [0, 0.1) is 17.9 Å². The highest BCUT2D eigenvalue weighted by atomic mass is 79.9. The second kappa shape index (κ2) is 7.19. The Bertz CT molecular complexity index is 1530. The summed E-state index contributed by atoms with van der Waals surface area (Å²) in [7, 11) is 0. The number of aromatic nitrogens is 1. The molecule has 4 aromatic carbocycles. The minimum atomic E-state index is 0.628. The SMILES string of the molecule is [C-]#[N+]c1ccc2c(c1)c1ccccc1n2-c1cc(Br)cc(-c2ccccc2C#N)c1. The first kappa shape index (κ1) is 18.2. The fraction of sp³-hybridized carbons (Fsp3) is 0. The predicted octanol–water partition coefficient (Wildman–Crippen LogP) is 7.64. The largest absolute Gasteiger partial charge is 0.309 e. The molecule has 0 radical (unpaired) electrons. The third-order valence-corrected chi connectivity index (χ3v) is 5.74. The fourth-order valence-electron chi connectivity index (χ4n) is 4.00. The summed E-state index contributed by atoms with van der Waals surface area (Å²) in [4.78, 5) is 3.60. The lowest BCUT2D eigenvalue weighted by Gasteiger charge is -2.12. The van der Waals surface area contributed by atoms with Gasteiger partial charge in [0.1, 0.15) is 0 Å². The van der Waals surface area contributed by atoms with Gasteiger partial charge in [0.25, 0.3) is 0 Å².